The second kappa shape index (κ2) is 12.4. The minimum absolute atomic E-state index is 0.0349. The molecule has 0 aromatic rings. The van der Waals surface area contributed by atoms with Gasteiger partial charge in [0.1, 0.15) is 0 Å². The van der Waals surface area contributed by atoms with Gasteiger partial charge in [-0.25, -0.2) is 0 Å². The fourth-order valence-electron chi connectivity index (χ4n) is 3.52. The van der Waals surface area contributed by atoms with Gasteiger partial charge in [-0.1, -0.05) is 71.1 Å². The number of carbonyl (C=O) groups is 2. The number of nitrogens with one attached hydrogen (secondary N) is 1. The zero-order valence-electron chi connectivity index (χ0n) is 14.9. The second-order valence-electron chi connectivity index (χ2n) is 7.05. The highest BCUT2D eigenvalue weighted by Gasteiger charge is 2.30. The third-order valence-electron chi connectivity index (χ3n) is 4.99. The molecule has 4 heteroatoms. The van der Waals surface area contributed by atoms with Gasteiger partial charge in [0, 0.05) is 12.5 Å². The monoisotopic (exact) mass is 324 g/mol. The highest BCUT2D eigenvalue weighted by Crippen LogP contribution is 2.24. The largest absolute Gasteiger partial charge is 0.369 e. The summed E-state index contributed by atoms with van der Waals surface area (Å²) in [4.78, 5) is 23.5. The van der Waals surface area contributed by atoms with Crippen LogP contribution in [0.4, 0.5) is 0 Å². The van der Waals surface area contributed by atoms with Crippen LogP contribution in [0.25, 0.3) is 0 Å². The van der Waals surface area contributed by atoms with E-state index in [1.54, 1.807) is 0 Å². The quantitative estimate of drug-likeness (QED) is 0.531. The first-order chi connectivity index (χ1) is 11.1. The van der Waals surface area contributed by atoms with E-state index in [1.807, 2.05) is 0 Å². The van der Waals surface area contributed by atoms with E-state index in [4.69, 9.17) is 5.73 Å². The predicted octanol–water partition coefficient (Wildman–Crippen LogP) is 4.07. The summed E-state index contributed by atoms with van der Waals surface area (Å²) in [5.41, 5.74) is 5.44. The van der Waals surface area contributed by atoms with E-state index in [-0.39, 0.29) is 23.8 Å². The molecule has 1 saturated carbocycles. The van der Waals surface area contributed by atoms with Crippen LogP contribution in [0.15, 0.2) is 0 Å². The van der Waals surface area contributed by atoms with Crippen molar-refractivity contribution in [2.24, 2.45) is 11.7 Å². The lowest BCUT2D eigenvalue weighted by atomic mass is 9.84. The minimum atomic E-state index is -0.266. The van der Waals surface area contributed by atoms with Gasteiger partial charge < -0.3 is 11.1 Å². The van der Waals surface area contributed by atoms with Crippen molar-refractivity contribution in [3.05, 3.63) is 0 Å². The number of amides is 2. The zero-order chi connectivity index (χ0) is 16.9. The molecule has 0 aliphatic heterocycles. The molecule has 0 saturated heterocycles. The van der Waals surface area contributed by atoms with Gasteiger partial charge >= 0.3 is 0 Å². The van der Waals surface area contributed by atoms with E-state index < -0.39 is 0 Å². The number of hydrogen-bond acceptors (Lipinski definition) is 2. The van der Waals surface area contributed by atoms with Gasteiger partial charge in [0.25, 0.3) is 0 Å². The molecular weight excluding hydrogens is 288 g/mol. The summed E-state index contributed by atoms with van der Waals surface area (Å²) < 4.78 is 0. The van der Waals surface area contributed by atoms with E-state index in [2.05, 4.69) is 12.2 Å². The SMILES string of the molecule is CCCCCCCCCCCC(=O)NC1CCCCC1C(N)=O. The van der Waals surface area contributed by atoms with Crippen molar-refractivity contribution >= 4 is 11.8 Å². The number of unbranched alkanes of at least 4 members (excludes halogenated alkanes) is 8. The van der Waals surface area contributed by atoms with E-state index in [1.165, 1.54) is 44.9 Å². The molecule has 2 atom stereocenters. The molecule has 0 heterocycles. The molecule has 3 N–H and O–H groups in total. The molecule has 2 unspecified atom stereocenters. The van der Waals surface area contributed by atoms with E-state index >= 15 is 0 Å². The Kier molecular flexibility index (Phi) is 10.8. The topological polar surface area (TPSA) is 72.2 Å². The maximum atomic E-state index is 12.0. The highest BCUT2D eigenvalue weighted by molar-refractivity contribution is 5.80. The van der Waals surface area contributed by atoms with Crippen LogP contribution in [0.1, 0.15) is 96.8 Å². The van der Waals surface area contributed by atoms with Crippen molar-refractivity contribution in [1.82, 2.24) is 5.32 Å². The van der Waals surface area contributed by atoms with Gasteiger partial charge in [-0.15, -0.1) is 0 Å². The Morgan fingerprint density at radius 1 is 0.913 bits per heavy atom. The van der Waals surface area contributed by atoms with Crippen molar-refractivity contribution in [3.8, 4) is 0 Å². The summed E-state index contributed by atoms with van der Waals surface area (Å²) in [7, 11) is 0. The summed E-state index contributed by atoms with van der Waals surface area (Å²) in [6.45, 7) is 2.24. The first kappa shape index (κ1) is 20.0. The predicted molar refractivity (Wildman–Crippen MR) is 94.9 cm³/mol. The van der Waals surface area contributed by atoms with Crippen molar-refractivity contribution in [3.63, 3.8) is 0 Å². The smallest absolute Gasteiger partial charge is 0.222 e. The molecule has 0 aromatic heterocycles. The molecule has 134 valence electrons. The van der Waals surface area contributed by atoms with Gasteiger partial charge in [0.15, 0.2) is 0 Å². The van der Waals surface area contributed by atoms with Crippen LogP contribution in [-0.4, -0.2) is 17.9 Å². The molecular formula is C19H36N2O2. The molecule has 0 bridgehead atoms. The standard InChI is InChI=1S/C19H36N2O2/c1-2-3-4-5-6-7-8-9-10-15-18(22)21-17-14-12-11-13-16(17)19(20)23/h16-17H,2-15H2,1H3,(H2,20,23)(H,21,22). The van der Waals surface area contributed by atoms with Crippen LogP contribution in [0.3, 0.4) is 0 Å². The Bertz CT molecular complexity index is 344. The number of rotatable bonds is 12. The normalized spacial score (nSPS) is 21.1. The molecule has 4 nitrogen and oxygen atoms in total. The first-order valence-electron chi connectivity index (χ1n) is 9.73. The third-order valence-corrected chi connectivity index (χ3v) is 4.99. The number of carbonyl (C=O) groups excluding carboxylic acids is 2. The average molecular weight is 325 g/mol. The van der Waals surface area contributed by atoms with Gasteiger partial charge in [-0.2, -0.15) is 0 Å². The molecule has 0 aromatic carbocycles. The van der Waals surface area contributed by atoms with Crippen molar-refractivity contribution < 1.29 is 9.59 Å². The Morgan fingerprint density at radius 3 is 2.09 bits per heavy atom. The lowest BCUT2D eigenvalue weighted by Crippen LogP contribution is -2.47. The van der Waals surface area contributed by atoms with Gasteiger partial charge in [0.2, 0.25) is 11.8 Å². The van der Waals surface area contributed by atoms with Crippen LogP contribution in [0.5, 0.6) is 0 Å². The van der Waals surface area contributed by atoms with Crippen LogP contribution >= 0.6 is 0 Å². The zero-order valence-corrected chi connectivity index (χ0v) is 14.9. The lowest BCUT2D eigenvalue weighted by molar-refractivity contribution is -0.126. The maximum absolute atomic E-state index is 12.0. The minimum Gasteiger partial charge on any atom is -0.369 e. The Hall–Kier alpha value is -1.06. The summed E-state index contributed by atoms with van der Waals surface area (Å²) in [6.07, 6.45) is 15.7. The van der Waals surface area contributed by atoms with Crippen LogP contribution in [0.2, 0.25) is 0 Å². The second-order valence-corrected chi connectivity index (χ2v) is 7.05. The molecule has 1 aliphatic carbocycles. The summed E-state index contributed by atoms with van der Waals surface area (Å²) >= 11 is 0. The van der Waals surface area contributed by atoms with E-state index in [0.29, 0.717) is 6.42 Å². The Balaban J connectivity index is 2.04. The van der Waals surface area contributed by atoms with Crippen molar-refractivity contribution in [1.29, 1.82) is 0 Å². The van der Waals surface area contributed by atoms with Crippen LogP contribution < -0.4 is 11.1 Å². The number of hydrogen-bond donors (Lipinski definition) is 2. The van der Waals surface area contributed by atoms with Crippen molar-refractivity contribution in [2.75, 3.05) is 0 Å². The fourth-order valence-corrected chi connectivity index (χ4v) is 3.52. The lowest BCUT2D eigenvalue weighted by Gasteiger charge is -2.30. The Labute approximate surface area is 142 Å². The number of nitrogens with two attached hydrogens (primary N) is 1. The summed E-state index contributed by atoms with van der Waals surface area (Å²) in [5, 5.41) is 3.04. The molecule has 0 spiro atoms. The fraction of sp³-hybridized carbons (Fsp3) is 0.895. The average Bonchev–Trinajstić information content (AvgIpc) is 2.53. The molecule has 0 radical (unpaired) electrons. The summed E-state index contributed by atoms with van der Waals surface area (Å²) in [6, 6.07) is -0.0349. The Morgan fingerprint density at radius 2 is 1.48 bits per heavy atom. The third kappa shape index (κ3) is 8.97. The molecule has 1 aliphatic rings. The molecule has 2 amide bonds. The van der Waals surface area contributed by atoms with Gasteiger partial charge in [0.05, 0.1) is 5.92 Å². The van der Waals surface area contributed by atoms with Crippen LogP contribution in [-0.2, 0) is 9.59 Å². The molecule has 1 rings (SSSR count). The number of primary amides is 1. The van der Waals surface area contributed by atoms with E-state index in [9.17, 15) is 9.59 Å². The summed E-state index contributed by atoms with van der Waals surface area (Å²) in [5.74, 6) is -0.347. The van der Waals surface area contributed by atoms with Gasteiger partial charge in [-0.3, -0.25) is 9.59 Å². The highest BCUT2D eigenvalue weighted by atomic mass is 16.2. The first-order valence-corrected chi connectivity index (χ1v) is 9.73. The molecule has 1 fully saturated rings. The van der Waals surface area contributed by atoms with E-state index in [0.717, 1.165) is 38.5 Å². The van der Waals surface area contributed by atoms with Gasteiger partial charge in [-0.05, 0) is 19.3 Å². The van der Waals surface area contributed by atoms with Crippen LogP contribution in [0, 0.1) is 5.92 Å². The maximum Gasteiger partial charge on any atom is 0.222 e. The van der Waals surface area contributed by atoms with Crippen molar-refractivity contribution in [2.45, 2.75) is 103 Å². The molecule has 23 heavy (non-hydrogen) atoms.